The van der Waals surface area contributed by atoms with Crippen LogP contribution in [-0.2, 0) is 9.53 Å². The first-order valence-electron chi connectivity index (χ1n) is 8.72. The predicted octanol–water partition coefficient (Wildman–Crippen LogP) is 4.41. The van der Waals surface area contributed by atoms with Crippen molar-refractivity contribution in [2.45, 2.75) is 20.0 Å². The molecular formula is C21H19N3O4. The maximum Gasteiger partial charge on any atom is 0.331 e. The number of hydrogen-bond acceptors (Lipinski definition) is 5. The van der Waals surface area contributed by atoms with Crippen LogP contribution >= 0.6 is 0 Å². The molecule has 0 spiro atoms. The summed E-state index contributed by atoms with van der Waals surface area (Å²) in [4.78, 5) is 22.5. The number of nitro benzene ring substituents is 1. The van der Waals surface area contributed by atoms with Gasteiger partial charge in [-0.3, -0.25) is 10.1 Å². The summed E-state index contributed by atoms with van der Waals surface area (Å²) in [6.07, 6.45) is 4.47. The lowest BCUT2D eigenvalue weighted by Gasteiger charge is -2.03. The van der Waals surface area contributed by atoms with Crippen molar-refractivity contribution in [3.05, 3.63) is 82.5 Å². The maximum atomic E-state index is 11.9. The monoisotopic (exact) mass is 377 g/mol. The number of ether oxygens (including phenoxy) is 1. The van der Waals surface area contributed by atoms with E-state index in [9.17, 15) is 14.9 Å². The Hall–Kier alpha value is -3.74. The zero-order valence-corrected chi connectivity index (χ0v) is 15.5. The Morgan fingerprint density at radius 1 is 1.18 bits per heavy atom. The highest BCUT2D eigenvalue weighted by Crippen LogP contribution is 2.27. The van der Waals surface area contributed by atoms with E-state index in [0.29, 0.717) is 16.8 Å². The Morgan fingerprint density at radius 2 is 1.93 bits per heavy atom. The van der Waals surface area contributed by atoms with Gasteiger partial charge in [0.25, 0.3) is 5.69 Å². The van der Waals surface area contributed by atoms with E-state index < -0.39 is 10.9 Å². The lowest BCUT2D eigenvalue weighted by atomic mass is 10.1. The highest BCUT2D eigenvalue weighted by molar-refractivity contribution is 5.89. The van der Waals surface area contributed by atoms with Crippen molar-refractivity contribution in [1.82, 2.24) is 9.78 Å². The molecule has 0 radical (unpaired) electrons. The van der Waals surface area contributed by atoms with Gasteiger partial charge in [-0.1, -0.05) is 30.3 Å². The van der Waals surface area contributed by atoms with Crippen LogP contribution < -0.4 is 0 Å². The first-order valence-corrected chi connectivity index (χ1v) is 8.72. The highest BCUT2D eigenvalue weighted by Gasteiger charge is 2.14. The summed E-state index contributed by atoms with van der Waals surface area (Å²) in [6, 6.07) is 15.7. The van der Waals surface area contributed by atoms with E-state index in [-0.39, 0.29) is 11.8 Å². The average Bonchev–Trinajstić information content (AvgIpc) is 3.11. The van der Waals surface area contributed by atoms with Crippen LogP contribution in [0.2, 0.25) is 0 Å². The van der Waals surface area contributed by atoms with Crippen LogP contribution in [0.15, 0.2) is 66.9 Å². The summed E-state index contributed by atoms with van der Waals surface area (Å²) in [7, 11) is 0. The van der Waals surface area contributed by atoms with Crippen LogP contribution in [0.1, 0.15) is 19.4 Å². The van der Waals surface area contributed by atoms with Gasteiger partial charge in [-0.15, -0.1) is 0 Å². The molecule has 7 nitrogen and oxygen atoms in total. The number of nitrogens with zero attached hydrogens (tertiary/aromatic N) is 3. The molecule has 0 unspecified atom stereocenters. The van der Waals surface area contributed by atoms with Gasteiger partial charge in [0.1, 0.15) is 5.69 Å². The smallest absolute Gasteiger partial charge is 0.331 e. The summed E-state index contributed by atoms with van der Waals surface area (Å²) in [5, 5.41) is 15.7. The van der Waals surface area contributed by atoms with Gasteiger partial charge in [-0.25, -0.2) is 9.48 Å². The highest BCUT2D eigenvalue weighted by atomic mass is 16.6. The average molecular weight is 377 g/mol. The largest absolute Gasteiger partial charge is 0.460 e. The van der Waals surface area contributed by atoms with Crippen molar-refractivity contribution in [3.63, 3.8) is 0 Å². The molecular weight excluding hydrogens is 358 g/mol. The van der Waals surface area contributed by atoms with Crippen LogP contribution in [-0.4, -0.2) is 26.8 Å². The number of hydrogen-bond donors (Lipinski definition) is 0. The van der Waals surface area contributed by atoms with Gasteiger partial charge in [0.2, 0.25) is 0 Å². The van der Waals surface area contributed by atoms with Gasteiger partial charge >= 0.3 is 5.97 Å². The molecule has 1 aromatic heterocycles. The number of aromatic nitrogens is 2. The number of nitro groups is 1. The van der Waals surface area contributed by atoms with E-state index in [1.807, 2.05) is 30.3 Å². The van der Waals surface area contributed by atoms with E-state index in [4.69, 9.17) is 4.74 Å². The molecule has 3 rings (SSSR count). The second-order valence-electron chi connectivity index (χ2n) is 6.34. The molecule has 0 aliphatic rings. The lowest BCUT2D eigenvalue weighted by Crippen LogP contribution is -2.08. The first-order chi connectivity index (χ1) is 13.4. The van der Waals surface area contributed by atoms with Crippen LogP contribution in [0.3, 0.4) is 0 Å². The zero-order chi connectivity index (χ0) is 20.1. The molecule has 0 atom stereocenters. The maximum absolute atomic E-state index is 11.9. The number of esters is 1. The van der Waals surface area contributed by atoms with Gasteiger partial charge in [-0.2, -0.15) is 5.10 Å². The topological polar surface area (TPSA) is 87.3 Å². The van der Waals surface area contributed by atoms with Crippen LogP contribution in [0.4, 0.5) is 5.69 Å². The number of rotatable bonds is 6. The van der Waals surface area contributed by atoms with Gasteiger partial charge < -0.3 is 4.74 Å². The van der Waals surface area contributed by atoms with Crippen molar-refractivity contribution in [3.8, 4) is 16.9 Å². The minimum absolute atomic E-state index is 0.0269. The van der Waals surface area contributed by atoms with E-state index in [2.05, 4.69) is 5.10 Å². The fraction of sp³-hybridized carbons (Fsp3) is 0.143. The number of benzene rings is 2. The lowest BCUT2D eigenvalue weighted by molar-refractivity contribution is -0.384. The second kappa shape index (κ2) is 8.30. The quantitative estimate of drug-likeness (QED) is 0.275. The SMILES string of the molecule is CC(C)OC(=O)/C=C/c1cn(-c2ccccc2)nc1-c1cccc([N+](=O)[O-])c1. The van der Waals surface area contributed by atoms with E-state index in [0.717, 1.165) is 5.69 Å². The molecule has 1 heterocycles. The van der Waals surface area contributed by atoms with E-state index >= 15 is 0 Å². The normalized spacial score (nSPS) is 11.1. The molecule has 0 bridgehead atoms. The number of carbonyl (C=O) groups excluding carboxylic acids is 1. The van der Waals surface area contributed by atoms with E-state index in [1.54, 1.807) is 42.9 Å². The molecule has 142 valence electrons. The third kappa shape index (κ3) is 4.50. The Labute approximate surface area is 162 Å². The van der Waals surface area contributed by atoms with Gasteiger partial charge in [0, 0.05) is 35.5 Å². The Morgan fingerprint density at radius 3 is 2.61 bits per heavy atom. The summed E-state index contributed by atoms with van der Waals surface area (Å²) < 4.78 is 6.79. The molecule has 2 aromatic carbocycles. The second-order valence-corrected chi connectivity index (χ2v) is 6.34. The van der Waals surface area contributed by atoms with Crippen LogP contribution in [0, 0.1) is 10.1 Å². The van der Waals surface area contributed by atoms with Crippen molar-refractivity contribution in [2.24, 2.45) is 0 Å². The number of carbonyl (C=O) groups is 1. The van der Waals surface area contributed by atoms with Gasteiger partial charge in [0.05, 0.1) is 16.7 Å². The summed E-state index contributed by atoms with van der Waals surface area (Å²) in [6.45, 7) is 3.54. The van der Waals surface area contributed by atoms with Crippen molar-refractivity contribution < 1.29 is 14.5 Å². The molecule has 0 saturated carbocycles. The fourth-order valence-electron chi connectivity index (χ4n) is 2.64. The van der Waals surface area contributed by atoms with Gasteiger partial charge in [0.15, 0.2) is 0 Å². The van der Waals surface area contributed by atoms with Gasteiger partial charge in [-0.05, 0) is 32.1 Å². The zero-order valence-electron chi connectivity index (χ0n) is 15.5. The minimum Gasteiger partial charge on any atom is -0.460 e. The Kier molecular flexibility index (Phi) is 5.64. The third-order valence-electron chi connectivity index (χ3n) is 3.84. The molecule has 0 aliphatic carbocycles. The van der Waals surface area contributed by atoms with Crippen molar-refractivity contribution >= 4 is 17.7 Å². The van der Waals surface area contributed by atoms with Crippen molar-refractivity contribution in [1.29, 1.82) is 0 Å². The fourth-order valence-corrected chi connectivity index (χ4v) is 2.64. The molecule has 28 heavy (non-hydrogen) atoms. The predicted molar refractivity (Wildman–Crippen MR) is 106 cm³/mol. The molecule has 7 heteroatoms. The Balaban J connectivity index is 2.05. The molecule has 0 aliphatic heterocycles. The number of para-hydroxylation sites is 1. The van der Waals surface area contributed by atoms with Crippen LogP contribution in [0.5, 0.6) is 0 Å². The molecule has 0 N–H and O–H groups in total. The van der Waals surface area contributed by atoms with Crippen molar-refractivity contribution in [2.75, 3.05) is 0 Å². The Bertz CT molecular complexity index is 1020. The standard InChI is InChI=1S/C21H19N3O4/c1-15(2)28-20(25)12-11-17-14-23(18-8-4-3-5-9-18)22-21(17)16-7-6-10-19(13-16)24(26)27/h3-15H,1-2H3/b12-11+. The summed E-state index contributed by atoms with van der Waals surface area (Å²) in [5.74, 6) is -0.465. The minimum atomic E-state index is -0.465. The molecule has 0 amide bonds. The third-order valence-corrected chi connectivity index (χ3v) is 3.84. The summed E-state index contributed by atoms with van der Waals surface area (Å²) in [5.41, 5.74) is 2.56. The van der Waals surface area contributed by atoms with Crippen LogP contribution in [0.25, 0.3) is 23.0 Å². The first kappa shape index (κ1) is 19.0. The summed E-state index contributed by atoms with van der Waals surface area (Å²) >= 11 is 0. The molecule has 0 saturated heterocycles. The molecule has 3 aromatic rings. The molecule has 0 fully saturated rings. The number of non-ortho nitro benzene ring substituents is 1. The van der Waals surface area contributed by atoms with E-state index in [1.165, 1.54) is 18.2 Å².